The zero-order valence-corrected chi connectivity index (χ0v) is 17.5. The van der Waals surface area contributed by atoms with Gasteiger partial charge in [0.25, 0.3) is 0 Å². The minimum Gasteiger partial charge on any atom is -0.311 e. The normalized spacial score (nSPS) is 11.2. The lowest BCUT2D eigenvalue weighted by molar-refractivity contribution is -0.116. The van der Waals surface area contributed by atoms with E-state index in [4.69, 9.17) is 0 Å². The van der Waals surface area contributed by atoms with E-state index in [1.165, 1.54) is 11.8 Å². The maximum atomic E-state index is 12.9. The van der Waals surface area contributed by atoms with Gasteiger partial charge in [-0.25, -0.2) is 4.98 Å². The molecule has 150 valence electrons. The molecule has 1 aromatic heterocycles. The standard InChI is InChI=1S/C24H22N4OS/c1-2-28(21-14-8-12-19-11-6-7-13-20(19)21)23(29)17-30-24-25-22(26-27-24)16-15-18-9-4-3-5-10-18/h3-16H,2,17H2,1H3,(H,25,26,27)/b16-15+. The fourth-order valence-electron chi connectivity index (χ4n) is 3.27. The number of anilines is 1. The van der Waals surface area contributed by atoms with Crippen LogP contribution in [0.3, 0.4) is 0 Å². The van der Waals surface area contributed by atoms with Crippen molar-refractivity contribution in [2.75, 3.05) is 17.2 Å². The van der Waals surface area contributed by atoms with Gasteiger partial charge >= 0.3 is 0 Å². The highest BCUT2D eigenvalue weighted by Gasteiger charge is 2.17. The summed E-state index contributed by atoms with van der Waals surface area (Å²) in [6.07, 6.45) is 3.85. The number of thioether (sulfide) groups is 1. The van der Waals surface area contributed by atoms with E-state index in [0.717, 1.165) is 22.0 Å². The number of hydrogen-bond donors (Lipinski definition) is 1. The van der Waals surface area contributed by atoms with Gasteiger partial charge in [-0.15, -0.1) is 5.10 Å². The Kier molecular flexibility index (Phi) is 6.25. The molecule has 1 N–H and O–H groups in total. The fraction of sp³-hybridized carbons (Fsp3) is 0.125. The third kappa shape index (κ3) is 4.60. The molecule has 30 heavy (non-hydrogen) atoms. The number of carbonyl (C=O) groups excluding carboxylic acids is 1. The van der Waals surface area contributed by atoms with Crippen molar-refractivity contribution in [3.63, 3.8) is 0 Å². The monoisotopic (exact) mass is 414 g/mol. The topological polar surface area (TPSA) is 61.9 Å². The highest BCUT2D eigenvalue weighted by atomic mass is 32.2. The molecule has 0 bridgehead atoms. The van der Waals surface area contributed by atoms with Gasteiger partial charge in [-0.05, 0) is 30.0 Å². The maximum Gasteiger partial charge on any atom is 0.237 e. The average molecular weight is 415 g/mol. The van der Waals surface area contributed by atoms with Crippen LogP contribution in [0.25, 0.3) is 22.9 Å². The van der Waals surface area contributed by atoms with Crippen molar-refractivity contribution >= 4 is 46.3 Å². The van der Waals surface area contributed by atoms with Crippen LogP contribution in [0.2, 0.25) is 0 Å². The Morgan fingerprint density at radius 3 is 2.60 bits per heavy atom. The van der Waals surface area contributed by atoms with Gasteiger partial charge in [-0.1, -0.05) is 84.6 Å². The molecule has 0 saturated heterocycles. The maximum absolute atomic E-state index is 12.9. The summed E-state index contributed by atoms with van der Waals surface area (Å²) >= 11 is 1.34. The molecule has 0 aliphatic carbocycles. The highest BCUT2D eigenvalue weighted by molar-refractivity contribution is 7.99. The van der Waals surface area contributed by atoms with E-state index in [9.17, 15) is 4.79 Å². The molecule has 4 rings (SSSR count). The molecule has 0 spiro atoms. The van der Waals surface area contributed by atoms with E-state index in [2.05, 4.69) is 27.3 Å². The number of fused-ring (bicyclic) bond motifs is 1. The second-order valence-corrected chi connectivity index (χ2v) is 7.61. The molecule has 0 atom stereocenters. The molecule has 1 heterocycles. The van der Waals surface area contributed by atoms with Gasteiger partial charge in [0.05, 0.1) is 11.4 Å². The van der Waals surface area contributed by atoms with Crippen LogP contribution in [-0.2, 0) is 4.79 Å². The lowest BCUT2D eigenvalue weighted by atomic mass is 10.1. The molecule has 0 saturated carbocycles. The molecule has 0 aliphatic heterocycles. The van der Waals surface area contributed by atoms with Gasteiger partial charge in [0, 0.05) is 11.9 Å². The van der Waals surface area contributed by atoms with E-state index < -0.39 is 0 Å². The number of hydrogen-bond acceptors (Lipinski definition) is 4. The Balaban J connectivity index is 1.42. The zero-order valence-electron chi connectivity index (χ0n) is 16.7. The number of rotatable bonds is 7. The van der Waals surface area contributed by atoms with Crippen molar-refractivity contribution in [1.29, 1.82) is 0 Å². The minimum absolute atomic E-state index is 0.0324. The predicted octanol–water partition coefficient (Wildman–Crippen LogP) is 5.27. The lowest BCUT2D eigenvalue weighted by Crippen LogP contribution is -2.32. The molecule has 0 fully saturated rings. The summed E-state index contributed by atoms with van der Waals surface area (Å²) in [5.74, 6) is 0.969. The molecular weight excluding hydrogens is 392 g/mol. The van der Waals surface area contributed by atoms with E-state index in [1.807, 2.05) is 84.6 Å². The van der Waals surface area contributed by atoms with Crippen molar-refractivity contribution in [2.45, 2.75) is 12.1 Å². The van der Waals surface area contributed by atoms with Crippen molar-refractivity contribution in [1.82, 2.24) is 15.2 Å². The summed E-state index contributed by atoms with van der Waals surface area (Å²) in [7, 11) is 0. The van der Waals surface area contributed by atoms with Gasteiger partial charge in [-0.2, -0.15) is 0 Å². The molecular formula is C24H22N4OS. The second-order valence-electron chi connectivity index (χ2n) is 6.67. The first kappa shape index (κ1) is 19.9. The summed E-state index contributed by atoms with van der Waals surface area (Å²) < 4.78 is 0. The van der Waals surface area contributed by atoms with Crippen LogP contribution in [0, 0.1) is 0 Å². The van der Waals surface area contributed by atoms with Crippen LogP contribution in [-0.4, -0.2) is 33.4 Å². The number of aromatic amines is 1. The van der Waals surface area contributed by atoms with Crippen molar-refractivity contribution in [3.8, 4) is 0 Å². The van der Waals surface area contributed by atoms with E-state index >= 15 is 0 Å². The largest absolute Gasteiger partial charge is 0.311 e. The predicted molar refractivity (Wildman–Crippen MR) is 124 cm³/mol. The number of aromatic nitrogens is 3. The minimum atomic E-state index is 0.0324. The summed E-state index contributed by atoms with van der Waals surface area (Å²) in [5, 5.41) is 9.88. The SMILES string of the molecule is CCN(C(=O)CSc1n[nH]c(/C=C/c2ccccc2)n1)c1cccc2ccccc12. The van der Waals surface area contributed by atoms with Gasteiger partial charge in [0.1, 0.15) is 5.82 Å². The molecule has 0 radical (unpaired) electrons. The van der Waals surface area contributed by atoms with Crippen molar-refractivity contribution < 1.29 is 4.79 Å². The van der Waals surface area contributed by atoms with Crippen molar-refractivity contribution in [3.05, 3.63) is 84.2 Å². The van der Waals surface area contributed by atoms with Gasteiger partial charge in [-0.3, -0.25) is 9.89 Å². The first-order valence-corrected chi connectivity index (χ1v) is 10.8. The molecule has 0 aliphatic rings. The van der Waals surface area contributed by atoms with Crippen molar-refractivity contribution in [2.24, 2.45) is 0 Å². The Hall–Kier alpha value is -3.38. The molecule has 6 heteroatoms. The molecule has 1 amide bonds. The second kappa shape index (κ2) is 9.41. The molecule has 4 aromatic rings. The Labute approximate surface area is 179 Å². The van der Waals surface area contributed by atoms with Gasteiger partial charge in [0.15, 0.2) is 0 Å². The Morgan fingerprint density at radius 1 is 1.00 bits per heavy atom. The smallest absolute Gasteiger partial charge is 0.237 e. The molecule has 5 nitrogen and oxygen atoms in total. The fourth-order valence-corrected chi connectivity index (χ4v) is 3.95. The molecule has 3 aromatic carbocycles. The van der Waals surface area contributed by atoms with Gasteiger partial charge < -0.3 is 4.90 Å². The quantitative estimate of drug-likeness (QED) is 0.418. The average Bonchev–Trinajstić information content (AvgIpc) is 3.25. The lowest BCUT2D eigenvalue weighted by Gasteiger charge is -2.22. The van der Waals surface area contributed by atoms with Crippen LogP contribution < -0.4 is 4.90 Å². The number of carbonyl (C=O) groups is 1. The van der Waals surface area contributed by atoms with Crippen LogP contribution >= 0.6 is 11.8 Å². The van der Waals surface area contributed by atoms with Crippen LogP contribution in [0.1, 0.15) is 18.3 Å². The summed E-state index contributed by atoms with van der Waals surface area (Å²) in [6.45, 7) is 2.59. The Bertz CT molecular complexity index is 1160. The first-order chi connectivity index (χ1) is 14.7. The van der Waals surface area contributed by atoms with E-state index in [0.29, 0.717) is 17.5 Å². The third-order valence-corrected chi connectivity index (χ3v) is 5.55. The zero-order chi connectivity index (χ0) is 20.8. The summed E-state index contributed by atoms with van der Waals surface area (Å²) in [4.78, 5) is 19.2. The third-order valence-electron chi connectivity index (χ3n) is 4.71. The number of nitrogens with one attached hydrogen (secondary N) is 1. The van der Waals surface area contributed by atoms with E-state index in [-0.39, 0.29) is 11.7 Å². The molecule has 0 unspecified atom stereocenters. The first-order valence-electron chi connectivity index (χ1n) is 9.81. The van der Waals surface area contributed by atoms with Crippen LogP contribution in [0.5, 0.6) is 0 Å². The van der Waals surface area contributed by atoms with Gasteiger partial charge in [0.2, 0.25) is 11.1 Å². The summed E-state index contributed by atoms with van der Waals surface area (Å²) in [5.41, 5.74) is 2.02. The number of benzene rings is 3. The van der Waals surface area contributed by atoms with Crippen LogP contribution in [0.15, 0.2) is 78.0 Å². The van der Waals surface area contributed by atoms with Crippen LogP contribution in [0.4, 0.5) is 5.69 Å². The highest BCUT2D eigenvalue weighted by Crippen LogP contribution is 2.27. The Morgan fingerprint density at radius 2 is 1.77 bits per heavy atom. The number of nitrogens with zero attached hydrogens (tertiary/aromatic N) is 3. The number of amides is 1. The van der Waals surface area contributed by atoms with E-state index in [1.54, 1.807) is 0 Å². The summed E-state index contributed by atoms with van der Waals surface area (Å²) in [6, 6.07) is 24.2. The number of H-pyrrole nitrogens is 1.